The number of ether oxygens (including phenoxy) is 3. The van der Waals surface area contributed by atoms with Crippen LogP contribution in [-0.2, 0) is 15.9 Å². The van der Waals surface area contributed by atoms with E-state index in [1.165, 1.54) is 6.07 Å². The van der Waals surface area contributed by atoms with Crippen LogP contribution >= 0.6 is 0 Å². The quantitative estimate of drug-likeness (QED) is 0.874. The Labute approximate surface area is 145 Å². The molecule has 2 saturated heterocycles. The summed E-state index contributed by atoms with van der Waals surface area (Å²) < 4.78 is 53.0. The smallest absolute Gasteiger partial charge is 0.406 e. The maximum absolute atomic E-state index is 12.5. The molecule has 3 rings (SSSR count). The van der Waals surface area contributed by atoms with Gasteiger partial charge in [0, 0.05) is 25.9 Å². The highest BCUT2D eigenvalue weighted by molar-refractivity contribution is 5.33. The minimum atomic E-state index is -4.67. The van der Waals surface area contributed by atoms with E-state index in [9.17, 15) is 13.2 Å². The Morgan fingerprint density at radius 2 is 1.92 bits per heavy atom. The first-order valence-corrected chi connectivity index (χ1v) is 8.75. The van der Waals surface area contributed by atoms with Gasteiger partial charge in [-0.25, -0.2) is 0 Å². The Kier molecular flexibility index (Phi) is 5.86. The van der Waals surface area contributed by atoms with Crippen molar-refractivity contribution in [3.8, 4) is 5.75 Å². The lowest BCUT2D eigenvalue weighted by Gasteiger charge is -2.43. The average Bonchev–Trinajstić information content (AvgIpc) is 2.56. The lowest BCUT2D eigenvalue weighted by Crippen LogP contribution is -2.50. The molecule has 0 bridgehead atoms. The molecule has 0 saturated carbocycles. The summed E-state index contributed by atoms with van der Waals surface area (Å²) in [6, 6.07) is 6.62. The van der Waals surface area contributed by atoms with Crippen molar-refractivity contribution in [3.05, 3.63) is 29.8 Å². The lowest BCUT2D eigenvalue weighted by molar-refractivity contribution is -0.274. The molecule has 0 aliphatic carbocycles. The van der Waals surface area contributed by atoms with Gasteiger partial charge in [0.25, 0.3) is 0 Å². The molecule has 2 aliphatic heterocycles. The minimum Gasteiger partial charge on any atom is -0.406 e. The number of hydrogen-bond donors (Lipinski definition) is 1. The first kappa shape index (κ1) is 18.5. The van der Waals surface area contributed by atoms with Gasteiger partial charge in [0.2, 0.25) is 0 Å². The molecule has 0 radical (unpaired) electrons. The van der Waals surface area contributed by atoms with E-state index in [0.717, 1.165) is 38.9 Å². The van der Waals surface area contributed by atoms with Crippen LogP contribution in [-0.4, -0.2) is 44.4 Å². The van der Waals surface area contributed by atoms with Gasteiger partial charge in [-0.2, -0.15) is 0 Å². The largest absolute Gasteiger partial charge is 0.573 e. The SMILES string of the molecule is FC(F)(F)Oc1ccccc1CCNC1CCOC2(CCOCC2)C1. The molecule has 0 amide bonds. The monoisotopic (exact) mass is 359 g/mol. The maximum atomic E-state index is 12.5. The van der Waals surface area contributed by atoms with Gasteiger partial charge in [0.05, 0.1) is 5.60 Å². The van der Waals surface area contributed by atoms with Crippen LogP contribution in [0.15, 0.2) is 24.3 Å². The van der Waals surface area contributed by atoms with Crippen molar-refractivity contribution in [2.75, 3.05) is 26.4 Å². The third-order valence-electron chi connectivity index (χ3n) is 4.92. The summed E-state index contributed by atoms with van der Waals surface area (Å²) in [5.41, 5.74) is 0.464. The summed E-state index contributed by atoms with van der Waals surface area (Å²) in [4.78, 5) is 0. The molecule has 1 unspecified atom stereocenters. The van der Waals surface area contributed by atoms with Crippen LogP contribution in [0.25, 0.3) is 0 Å². The molecule has 0 aromatic heterocycles. The van der Waals surface area contributed by atoms with Gasteiger partial charge in [0.1, 0.15) is 5.75 Å². The van der Waals surface area contributed by atoms with Crippen molar-refractivity contribution in [2.24, 2.45) is 0 Å². The van der Waals surface area contributed by atoms with E-state index in [4.69, 9.17) is 9.47 Å². The Morgan fingerprint density at radius 1 is 1.16 bits per heavy atom. The van der Waals surface area contributed by atoms with Gasteiger partial charge in [-0.3, -0.25) is 0 Å². The number of alkyl halides is 3. The molecule has 4 nitrogen and oxygen atoms in total. The van der Waals surface area contributed by atoms with Gasteiger partial charge < -0.3 is 19.5 Å². The van der Waals surface area contributed by atoms with E-state index in [1.807, 2.05) is 0 Å². The molecule has 2 aliphatic rings. The van der Waals surface area contributed by atoms with E-state index in [0.29, 0.717) is 31.2 Å². The number of para-hydroxylation sites is 1. The molecule has 25 heavy (non-hydrogen) atoms. The molecule has 1 atom stereocenters. The van der Waals surface area contributed by atoms with E-state index in [2.05, 4.69) is 10.1 Å². The van der Waals surface area contributed by atoms with Gasteiger partial charge in [0.15, 0.2) is 0 Å². The number of benzene rings is 1. The predicted molar refractivity (Wildman–Crippen MR) is 86.6 cm³/mol. The Balaban J connectivity index is 1.51. The van der Waals surface area contributed by atoms with Crippen LogP contribution in [0.5, 0.6) is 5.75 Å². The van der Waals surface area contributed by atoms with Gasteiger partial charge in [-0.15, -0.1) is 13.2 Å². The van der Waals surface area contributed by atoms with Crippen LogP contribution in [0.2, 0.25) is 0 Å². The highest BCUT2D eigenvalue weighted by atomic mass is 19.4. The third kappa shape index (κ3) is 5.33. The molecule has 1 spiro atoms. The third-order valence-corrected chi connectivity index (χ3v) is 4.92. The van der Waals surface area contributed by atoms with Gasteiger partial charge >= 0.3 is 6.36 Å². The Hall–Kier alpha value is -1.31. The molecule has 2 heterocycles. The van der Waals surface area contributed by atoms with Crippen LogP contribution < -0.4 is 10.1 Å². The normalized spacial score (nSPS) is 23.6. The van der Waals surface area contributed by atoms with Gasteiger partial charge in [-0.1, -0.05) is 18.2 Å². The van der Waals surface area contributed by atoms with Crippen molar-refractivity contribution in [3.63, 3.8) is 0 Å². The topological polar surface area (TPSA) is 39.7 Å². The van der Waals surface area contributed by atoms with Crippen molar-refractivity contribution in [2.45, 2.75) is 50.1 Å². The standard InChI is InChI=1S/C18H24F3NO3/c19-18(20,21)25-16-4-2-1-3-14(16)5-9-22-15-6-10-24-17(13-15)7-11-23-12-8-17/h1-4,15,22H,5-13H2. The highest BCUT2D eigenvalue weighted by Crippen LogP contribution is 2.34. The highest BCUT2D eigenvalue weighted by Gasteiger charge is 2.38. The summed E-state index contributed by atoms with van der Waals surface area (Å²) in [7, 11) is 0. The van der Waals surface area contributed by atoms with Crippen molar-refractivity contribution >= 4 is 0 Å². The van der Waals surface area contributed by atoms with Crippen molar-refractivity contribution < 1.29 is 27.4 Å². The number of halogens is 3. The lowest BCUT2D eigenvalue weighted by atomic mass is 9.84. The van der Waals surface area contributed by atoms with E-state index < -0.39 is 6.36 Å². The summed E-state index contributed by atoms with van der Waals surface area (Å²) in [5, 5.41) is 3.47. The fourth-order valence-electron chi connectivity index (χ4n) is 3.64. The first-order chi connectivity index (χ1) is 12.0. The Bertz CT molecular complexity index is 553. The molecule has 1 N–H and O–H groups in total. The van der Waals surface area contributed by atoms with E-state index >= 15 is 0 Å². The zero-order chi connectivity index (χ0) is 17.8. The van der Waals surface area contributed by atoms with Crippen molar-refractivity contribution in [1.82, 2.24) is 5.32 Å². The minimum absolute atomic E-state index is 0.0918. The van der Waals surface area contributed by atoms with Crippen LogP contribution in [0.1, 0.15) is 31.2 Å². The number of rotatable bonds is 5. The van der Waals surface area contributed by atoms with E-state index in [1.54, 1.807) is 18.2 Å². The van der Waals surface area contributed by atoms with Crippen LogP contribution in [0.3, 0.4) is 0 Å². The fraction of sp³-hybridized carbons (Fsp3) is 0.667. The molecule has 140 valence electrons. The maximum Gasteiger partial charge on any atom is 0.573 e. The fourth-order valence-corrected chi connectivity index (χ4v) is 3.64. The zero-order valence-corrected chi connectivity index (χ0v) is 14.1. The molecule has 2 fully saturated rings. The summed E-state index contributed by atoms with van der Waals surface area (Å²) >= 11 is 0. The Morgan fingerprint density at radius 3 is 2.68 bits per heavy atom. The summed E-state index contributed by atoms with van der Waals surface area (Å²) in [6.07, 6.45) is -0.513. The first-order valence-electron chi connectivity index (χ1n) is 8.75. The summed E-state index contributed by atoms with van der Waals surface area (Å²) in [6.45, 7) is 2.78. The second kappa shape index (κ2) is 7.93. The zero-order valence-electron chi connectivity index (χ0n) is 14.1. The molecule has 1 aromatic rings. The number of nitrogens with one attached hydrogen (secondary N) is 1. The van der Waals surface area contributed by atoms with Crippen LogP contribution in [0.4, 0.5) is 13.2 Å². The molecule has 7 heteroatoms. The van der Waals surface area contributed by atoms with Crippen molar-refractivity contribution in [1.29, 1.82) is 0 Å². The molecule has 1 aromatic carbocycles. The average molecular weight is 359 g/mol. The summed E-state index contributed by atoms with van der Waals surface area (Å²) in [5.74, 6) is -0.121. The van der Waals surface area contributed by atoms with E-state index in [-0.39, 0.29) is 11.4 Å². The van der Waals surface area contributed by atoms with Gasteiger partial charge in [-0.05, 0) is 50.3 Å². The predicted octanol–water partition coefficient (Wildman–Crippen LogP) is 3.45. The second-order valence-electron chi connectivity index (χ2n) is 6.69. The molecular weight excluding hydrogens is 335 g/mol. The number of hydrogen-bond acceptors (Lipinski definition) is 4. The molecular formula is C18H24F3NO3. The second-order valence-corrected chi connectivity index (χ2v) is 6.69. The van der Waals surface area contributed by atoms with Crippen LogP contribution in [0, 0.1) is 0 Å².